The zero-order valence-electron chi connectivity index (χ0n) is 7.53. The maximum atomic E-state index is 9.00. The van der Waals surface area contributed by atoms with Gasteiger partial charge in [-0.15, -0.1) is 0 Å². The van der Waals surface area contributed by atoms with E-state index in [4.69, 9.17) is 5.11 Å². The molecule has 1 aliphatic carbocycles. The second kappa shape index (κ2) is 3.75. The Morgan fingerprint density at radius 2 is 2.31 bits per heavy atom. The third kappa shape index (κ3) is 2.70. The number of nitrogens with zero attached hydrogens (tertiary/aromatic N) is 1. The Morgan fingerprint density at radius 3 is 2.92 bits per heavy atom. The van der Waals surface area contributed by atoms with Crippen molar-refractivity contribution < 1.29 is 5.11 Å². The molecule has 0 aromatic carbocycles. The molecule has 3 nitrogen and oxygen atoms in total. The highest BCUT2D eigenvalue weighted by Gasteiger charge is 2.20. The average molecular weight is 178 g/mol. The Kier molecular flexibility index (Phi) is 2.45. The van der Waals surface area contributed by atoms with Gasteiger partial charge in [-0.3, -0.25) is 4.98 Å². The molecule has 13 heavy (non-hydrogen) atoms. The van der Waals surface area contributed by atoms with Gasteiger partial charge >= 0.3 is 0 Å². The van der Waals surface area contributed by atoms with Gasteiger partial charge in [0.15, 0.2) is 0 Å². The summed E-state index contributed by atoms with van der Waals surface area (Å²) >= 11 is 0. The van der Waals surface area contributed by atoms with Crippen LogP contribution in [0.15, 0.2) is 18.3 Å². The van der Waals surface area contributed by atoms with Crippen LogP contribution in [0, 0.1) is 5.92 Å². The highest BCUT2D eigenvalue weighted by molar-refractivity contribution is 5.17. The van der Waals surface area contributed by atoms with Crippen LogP contribution in [-0.4, -0.2) is 16.6 Å². The summed E-state index contributed by atoms with van der Waals surface area (Å²) in [6.45, 7) is 1.90. The Balaban J connectivity index is 1.76. The molecule has 0 atom stereocenters. The van der Waals surface area contributed by atoms with E-state index < -0.39 is 0 Å². The molecule has 1 aliphatic rings. The fourth-order valence-electron chi connectivity index (χ4n) is 1.25. The molecule has 0 amide bonds. The van der Waals surface area contributed by atoms with Crippen molar-refractivity contribution in [3.63, 3.8) is 0 Å². The van der Waals surface area contributed by atoms with Crippen molar-refractivity contribution >= 4 is 0 Å². The lowest BCUT2D eigenvalue weighted by Crippen LogP contribution is -2.16. The van der Waals surface area contributed by atoms with Crippen LogP contribution in [-0.2, 0) is 6.54 Å². The first-order valence-corrected chi connectivity index (χ1v) is 4.69. The average Bonchev–Trinajstić information content (AvgIpc) is 2.92. The fraction of sp³-hybridized carbons (Fsp3) is 0.500. The fourth-order valence-corrected chi connectivity index (χ4v) is 1.25. The van der Waals surface area contributed by atoms with E-state index in [1.807, 2.05) is 6.07 Å². The van der Waals surface area contributed by atoms with Gasteiger partial charge in [0.05, 0.1) is 11.9 Å². The van der Waals surface area contributed by atoms with Gasteiger partial charge in [-0.2, -0.15) is 0 Å². The summed E-state index contributed by atoms with van der Waals surface area (Å²) in [5.74, 6) is 1.13. The minimum atomic E-state index is 0.228. The third-order valence-corrected chi connectivity index (χ3v) is 2.25. The van der Waals surface area contributed by atoms with Crippen LogP contribution < -0.4 is 5.32 Å². The first kappa shape index (κ1) is 8.51. The van der Waals surface area contributed by atoms with Crippen LogP contribution in [0.5, 0.6) is 5.75 Å². The number of pyridine rings is 1. The normalized spacial score (nSPS) is 16.0. The SMILES string of the molecule is Oc1ccc(CNCC2CC2)nc1. The summed E-state index contributed by atoms with van der Waals surface area (Å²) in [7, 11) is 0. The van der Waals surface area contributed by atoms with Crippen LogP contribution >= 0.6 is 0 Å². The van der Waals surface area contributed by atoms with Crippen LogP contribution in [0.4, 0.5) is 0 Å². The lowest BCUT2D eigenvalue weighted by atomic mass is 10.3. The van der Waals surface area contributed by atoms with Crippen molar-refractivity contribution in [1.82, 2.24) is 10.3 Å². The molecule has 0 saturated heterocycles. The highest BCUT2D eigenvalue weighted by Crippen LogP contribution is 2.27. The molecule has 0 spiro atoms. The zero-order chi connectivity index (χ0) is 9.10. The molecule has 70 valence electrons. The number of aromatic nitrogens is 1. The van der Waals surface area contributed by atoms with Crippen LogP contribution in [0.25, 0.3) is 0 Å². The summed E-state index contributed by atoms with van der Waals surface area (Å²) in [6, 6.07) is 3.51. The largest absolute Gasteiger partial charge is 0.506 e. The molecule has 3 heteroatoms. The summed E-state index contributed by atoms with van der Waals surface area (Å²) in [4.78, 5) is 4.08. The summed E-state index contributed by atoms with van der Waals surface area (Å²) in [5.41, 5.74) is 0.985. The van der Waals surface area contributed by atoms with Crippen LogP contribution in [0.1, 0.15) is 18.5 Å². The third-order valence-electron chi connectivity index (χ3n) is 2.25. The van der Waals surface area contributed by atoms with E-state index in [1.54, 1.807) is 6.07 Å². The molecular formula is C10H14N2O. The van der Waals surface area contributed by atoms with E-state index in [0.717, 1.165) is 24.7 Å². The van der Waals surface area contributed by atoms with Crippen molar-refractivity contribution in [2.75, 3.05) is 6.54 Å². The van der Waals surface area contributed by atoms with Crippen molar-refractivity contribution in [2.45, 2.75) is 19.4 Å². The van der Waals surface area contributed by atoms with Gasteiger partial charge in [-0.25, -0.2) is 0 Å². The van der Waals surface area contributed by atoms with Gasteiger partial charge in [0.2, 0.25) is 0 Å². The monoisotopic (exact) mass is 178 g/mol. The predicted molar refractivity (Wildman–Crippen MR) is 50.3 cm³/mol. The van der Waals surface area contributed by atoms with Gasteiger partial charge in [0.25, 0.3) is 0 Å². The molecule has 2 rings (SSSR count). The van der Waals surface area contributed by atoms with Gasteiger partial charge in [-0.05, 0) is 37.4 Å². The molecule has 0 aliphatic heterocycles. The number of aromatic hydroxyl groups is 1. The van der Waals surface area contributed by atoms with E-state index in [0.29, 0.717) is 0 Å². The summed E-state index contributed by atoms with van der Waals surface area (Å²) in [5, 5.41) is 12.3. The number of nitrogens with one attached hydrogen (secondary N) is 1. The molecule has 2 N–H and O–H groups in total. The Hall–Kier alpha value is -1.09. The molecule has 1 aromatic rings. The molecule has 0 unspecified atom stereocenters. The van der Waals surface area contributed by atoms with E-state index >= 15 is 0 Å². The lowest BCUT2D eigenvalue weighted by molar-refractivity contribution is 0.471. The predicted octanol–water partition coefficient (Wildman–Crippen LogP) is 1.29. The van der Waals surface area contributed by atoms with Crippen molar-refractivity contribution in [2.24, 2.45) is 5.92 Å². The summed E-state index contributed by atoms with van der Waals surface area (Å²) in [6.07, 6.45) is 4.22. The maximum Gasteiger partial charge on any atom is 0.133 e. The molecular weight excluding hydrogens is 164 g/mol. The molecule has 0 bridgehead atoms. The zero-order valence-corrected chi connectivity index (χ0v) is 7.53. The smallest absolute Gasteiger partial charge is 0.133 e. The van der Waals surface area contributed by atoms with Crippen molar-refractivity contribution in [3.8, 4) is 5.75 Å². The van der Waals surface area contributed by atoms with Crippen LogP contribution in [0.2, 0.25) is 0 Å². The van der Waals surface area contributed by atoms with Gasteiger partial charge in [-0.1, -0.05) is 0 Å². The highest BCUT2D eigenvalue weighted by atomic mass is 16.3. The van der Waals surface area contributed by atoms with Crippen molar-refractivity contribution in [3.05, 3.63) is 24.0 Å². The van der Waals surface area contributed by atoms with Crippen LogP contribution in [0.3, 0.4) is 0 Å². The summed E-state index contributed by atoms with van der Waals surface area (Å²) < 4.78 is 0. The Labute approximate surface area is 77.8 Å². The van der Waals surface area contributed by atoms with Gasteiger partial charge < -0.3 is 10.4 Å². The topological polar surface area (TPSA) is 45.1 Å². The van der Waals surface area contributed by atoms with E-state index in [-0.39, 0.29) is 5.75 Å². The van der Waals surface area contributed by atoms with E-state index in [2.05, 4.69) is 10.3 Å². The molecule has 0 radical (unpaired) electrons. The first-order chi connectivity index (χ1) is 6.34. The van der Waals surface area contributed by atoms with Crippen molar-refractivity contribution in [1.29, 1.82) is 0 Å². The molecule has 1 saturated carbocycles. The lowest BCUT2D eigenvalue weighted by Gasteiger charge is -2.02. The number of hydrogen-bond donors (Lipinski definition) is 2. The second-order valence-corrected chi connectivity index (χ2v) is 3.58. The molecule has 1 aromatic heterocycles. The van der Waals surface area contributed by atoms with E-state index in [9.17, 15) is 0 Å². The second-order valence-electron chi connectivity index (χ2n) is 3.58. The Bertz CT molecular complexity index is 267. The first-order valence-electron chi connectivity index (χ1n) is 4.69. The minimum absolute atomic E-state index is 0.228. The molecule has 1 fully saturated rings. The molecule has 1 heterocycles. The minimum Gasteiger partial charge on any atom is -0.506 e. The van der Waals surface area contributed by atoms with Gasteiger partial charge in [0, 0.05) is 6.54 Å². The standard InChI is InChI=1S/C10H14N2O/c13-10-4-3-9(12-7-10)6-11-5-8-1-2-8/h3-4,7-8,11,13H,1-2,5-6H2. The number of hydrogen-bond acceptors (Lipinski definition) is 3. The quantitative estimate of drug-likeness (QED) is 0.730. The van der Waals surface area contributed by atoms with E-state index in [1.165, 1.54) is 19.0 Å². The maximum absolute atomic E-state index is 9.00. The van der Waals surface area contributed by atoms with Gasteiger partial charge in [0.1, 0.15) is 5.75 Å². The Morgan fingerprint density at radius 1 is 1.46 bits per heavy atom. The number of rotatable bonds is 4.